The quantitative estimate of drug-likeness (QED) is 0.785. The number of hydrogen-bond acceptors (Lipinski definition) is 4. The van der Waals surface area contributed by atoms with Gasteiger partial charge < -0.3 is 9.84 Å². The average molecular weight is 279 g/mol. The Hall–Kier alpha value is -2.62. The second-order valence-corrected chi connectivity index (χ2v) is 5.05. The lowest BCUT2D eigenvalue weighted by molar-refractivity contribution is 0.384. The summed E-state index contributed by atoms with van der Waals surface area (Å²) in [6.07, 6.45) is 0. The molecule has 3 rings (SSSR count). The van der Waals surface area contributed by atoms with Gasteiger partial charge in [0.05, 0.1) is 6.54 Å². The first kappa shape index (κ1) is 13.4. The van der Waals surface area contributed by atoms with Crippen molar-refractivity contribution in [1.82, 2.24) is 10.1 Å². The van der Waals surface area contributed by atoms with Crippen molar-refractivity contribution in [2.24, 2.45) is 0 Å². The van der Waals surface area contributed by atoms with Crippen molar-refractivity contribution in [3.05, 3.63) is 65.5 Å². The van der Waals surface area contributed by atoms with Gasteiger partial charge in [-0.1, -0.05) is 53.2 Å². The van der Waals surface area contributed by atoms with E-state index >= 15 is 0 Å². The smallest absolute Gasteiger partial charge is 0.246 e. The number of anilines is 1. The normalized spacial score (nSPS) is 10.6. The molecule has 21 heavy (non-hydrogen) atoms. The second kappa shape index (κ2) is 5.79. The SMILES string of the molecule is Cc1ccc(-c2noc(CNc3ccccc3C)n2)cc1. The van der Waals surface area contributed by atoms with E-state index in [1.54, 1.807) is 0 Å². The zero-order valence-corrected chi connectivity index (χ0v) is 12.1. The van der Waals surface area contributed by atoms with Crippen LogP contribution in [0.25, 0.3) is 11.4 Å². The van der Waals surface area contributed by atoms with Crippen molar-refractivity contribution in [2.45, 2.75) is 20.4 Å². The summed E-state index contributed by atoms with van der Waals surface area (Å²) in [5.74, 6) is 1.20. The molecule has 106 valence electrons. The molecule has 3 aromatic rings. The van der Waals surface area contributed by atoms with Crippen LogP contribution in [0.1, 0.15) is 17.0 Å². The van der Waals surface area contributed by atoms with Gasteiger partial charge in [0.25, 0.3) is 0 Å². The third kappa shape index (κ3) is 3.11. The van der Waals surface area contributed by atoms with Gasteiger partial charge in [0.15, 0.2) is 0 Å². The van der Waals surface area contributed by atoms with E-state index in [0.29, 0.717) is 18.3 Å². The maximum absolute atomic E-state index is 5.29. The number of aryl methyl sites for hydroxylation is 2. The summed E-state index contributed by atoms with van der Waals surface area (Å²) in [7, 11) is 0. The largest absolute Gasteiger partial charge is 0.376 e. The van der Waals surface area contributed by atoms with Crippen molar-refractivity contribution in [1.29, 1.82) is 0 Å². The van der Waals surface area contributed by atoms with Crippen LogP contribution in [0.5, 0.6) is 0 Å². The predicted molar refractivity (Wildman–Crippen MR) is 83.0 cm³/mol. The highest BCUT2D eigenvalue weighted by atomic mass is 16.5. The average Bonchev–Trinajstić information content (AvgIpc) is 2.96. The van der Waals surface area contributed by atoms with E-state index in [4.69, 9.17) is 4.52 Å². The molecule has 0 aliphatic heterocycles. The molecule has 2 aromatic carbocycles. The van der Waals surface area contributed by atoms with E-state index in [-0.39, 0.29) is 0 Å². The van der Waals surface area contributed by atoms with E-state index in [2.05, 4.69) is 35.4 Å². The summed E-state index contributed by atoms with van der Waals surface area (Å²) in [4.78, 5) is 4.41. The minimum atomic E-state index is 0.518. The van der Waals surface area contributed by atoms with Gasteiger partial charge in [-0.25, -0.2) is 0 Å². The Morgan fingerprint density at radius 2 is 1.76 bits per heavy atom. The molecule has 0 aliphatic carbocycles. The number of rotatable bonds is 4. The molecular weight excluding hydrogens is 262 g/mol. The molecule has 0 atom stereocenters. The summed E-state index contributed by atoms with van der Waals surface area (Å²) in [6, 6.07) is 16.2. The third-order valence-electron chi connectivity index (χ3n) is 3.35. The van der Waals surface area contributed by atoms with Crippen LogP contribution in [-0.2, 0) is 6.54 Å². The van der Waals surface area contributed by atoms with Crippen LogP contribution in [0.3, 0.4) is 0 Å². The molecule has 0 spiro atoms. The third-order valence-corrected chi connectivity index (χ3v) is 3.35. The molecule has 1 aromatic heterocycles. The second-order valence-electron chi connectivity index (χ2n) is 5.05. The highest BCUT2D eigenvalue weighted by Crippen LogP contribution is 2.18. The molecular formula is C17H17N3O. The van der Waals surface area contributed by atoms with Crippen LogP contribution in [0, 0.1) is 13.8 Å². The predicted octanol–water partition coefficient (Wildman–Crippen LogP) is 3.97. The van der Waals surface area contributed by atoms with Crippen LogP contribution < -0.4 is 5.32 Å². The molecule has 4 heteroatoms. The molecule has 4 nitrogen and oxygen atoms in total. The molecule has 0 fully saturated rings. The minimum absolute atomic E-state index is 0.518. The monoisotopic (exact) mass is 279 g/mol. The van der Waals surface area contributed by atoms with Gasteiger partial charge >= 0.3 is 0 Å². The maximum Gasteiger partial charge on any atom is 0.246 e. The fourth-order valence-electron chi connectivity index (χ4n) is 2.09. The van der Waals surface area contributed by atoms with Crippen molar-refractivity contribution >= 4 is 5.69 Å². The summed E-state index contributed by atoms with van der Waals surface area (Å²) in [6.45, 7) is 4.63. The summed E-state index contributed by atoms with van der Waals surface area (Å²) < 4.78 is 5.29. The van der Waals surface area contributed by atoms with Gasteiger partial charge in [0.2, 0.25) is 11.7 Å². The van der Waals surface area contributed by atoms with Gasteiger partial charge in [0.1, 0.15) is 0 Å². The molecule has 0 amide bonds. The molecule has 1 N–H and O–H groups in total. The zero-order valence-electron chi connectivity index (χ0n) is 12.1. The van der Waals surface area contributed by atoms with Gasteiger partial charge in [-0.3, -0.25) is 0 Å². The van der Waals surface area contributed by atoms with Crippen LogP contribution in [0.4, 0.5) is 5.69 Å². The Bertz CT molecular complexity index is 732. The van der Waals surface area contributed by atoms with Gasteiger partial charge in [-0.15, -0.1) is 0 Å². The molecule has 0 radical (unpaired) electrons. The summed E-state index contributed by atoms with van der Waals surface area (Å²) in [5.41, 5.74) is 4.44. The first-order chi connectivity index (χ1) is 10.2. The van der Waals surface area contributed by atoms with Crippen LogP contribution in [0.2, 0.25) is 0 Å². The van der Waals surface area contributed by atoms with Gasteiger partial charge in [-0.05, 0) is 25.5 Å². The fraction of sp³-hybridized carbons (Fsp3) is 0.176. The van der Waals surface area contributed by atoms with E-state index in [1.165, 1.54) is 11.1 Å². The van der Waals surface area contributed by atoms with Crippen molar-refractivity contribution in [3.63, 3.8) is 0 Å². The molecule has 0 aliphatic rings. The van der Waals surface area contributed by atoms with Crippen molar-refractivity contribution in [2.75, 3.05) is 5.32 Å². The summed E-state index contributed by atoms with van der Waals surface area (Å²) in [5, 5.41) is 7.33. The van der Waals surface area contributed by atoms with Crippen LogP contribution in [-0.4, -0.2) is 10.1 Å². The number of aromatic nitrogens is 2. The lowest BCUT2D eigenvalue weighted by Crippen LogP contribution is -2.01. The molecule has 0 saturated heterocycles. The van der Waals surface area contributed by atoms with E-state index < -0.39 is 0 Å². The van der Waals surface area contributed by atoms with Crippen molar-refractivity contribution < 1.29 is 4.52 Å². The molecule has 1 heterocycles. The Balaban J connectivity index is 1.71. The number of hydrogen-bond donors (Lipinski definition) is 1. The fourth-order valence-corrected chi connectivity index (χ4v) is 2.09. The van der Waals surface area contributed by atoms with E-state index in [9.17, 15) is 0 Å². The molecule has 0 bridgehead atoms. The summed E-state index contributed by atoms with van der Waals surface area (Å²) >= 11 is 0. The zero-order chi connectivity index (χ0) is 14.7. The lowest BCUT2D eigenvalue weighted by Gasteiger charge is -2.05. The van der Waals surface area contributed by atoms with Gasteiger partial charge in [-0.2, -0.15) is 4.98 Å². The van der Waals surface area contributed by atoms with E-state index in [0.717, 1.165) is 11.3 Å². The number of nitrogens with one attached hydrogen (secondary N) is 1. The number of para-hydroxylation sites is 1. The Morgan fingerprint density at radius 1 is 1.00 bits per heavy atom. The highest BCUT2D eigenvalue weighted by molar-refractivity contribution is 5.54. The topological polar surface area (TPSA) is 51.0 Å². The Labute approximate surface area is 123 Å². The van der Waals surface area contributed by atoms with Gasteiger partial charge in [0, 0.05) is 11.3 Å². The van der Waals surface area contributed by atoms with Crippen LogP contribution >= 0.6 is 0 Å². The first-order valence-electron chi connectivity index (χ1n) is 6.91. The molecule has 0 unspecified atom stereocenters. The number of nitrogens with zero attached hydrogens (tertiary/aromatic N) is 2. The lowest BCUT2D eigenvalue weighted by atomic mass is 10.1. The van der Waals surface area contributed by atoms with E-state index in [1.807, 2.05) is 42.5 Å². The Morgan fingerprint density at radius 3 is 2.52 bits per heavy atom. The maximum atomic E-state index is 5.29. The number of benzene rings is 2. The van der Waals surface area contributed by atoms with Crippen LogP contribution in [0.15, 0.2) is 53.1 Å². The highest BCUT2D eigenvalue weighted by Gasteiger charge is 2.08. The standard InChI is InChI=1S/C17H17N3O/c1-12-7-9-14(10-8-12)17-19-16(21-20-17)11-18-15-6-4-3-5-13(15)2/h3-10,18H,11H2,1-2H3. The Kier molecular flexibility index (Phi) is 3.69. The molecule has 0 saturated carbocycles. The van der Waals surface area contributed by atoms with Crippen molar-refractivity contribution in [3.8, 4) is 11.4 Å². The minimum Gasteiger partial charge on any atom is -0.376 e. The first-order valence-corrected chi connectivity index (χ1v) is 6.91.